The summed E-state index contributed by atoms with van der Waals surface area (Å²) in [5, 5.41) is 4.80. The van der Waals surface area contributed by atoms with E-state index in [1.165, 1.54) is 17.8 Å². The summed E-state index contributed by atoms with van der Waals surface area (Å²) in [6.45, 7) is 2.37. The number of aryl methyl sites for hydroxylation is 1. The molecule has 0 atom stereocenters. The summed E-state index contributed by atoms with van der Waals surface area (Å²) in [5.74, 6) is -0.256. The highest BCUT2D eigenvalue weighted by Crippen LogP contribution is 2.27. The van der Waals surface area contributed by atoms with Crippen LogP contribution in [0.1, 0.15) is 51.9 Å². The van der Waals surface area contributed by atoms with E-state index in [9.17, 15) is 14.4 Å². The van der Waals surface area contributed by atoms with Crippen LogP contribution < -0.4 is 16.6 Å². The Morgan fingerprint density at radius 2 is 2.00 bits per heavy atom. The number of aromatic nitrogens is 2. The minimum Gasteiger partial charge on any atom is -0.352 e. The summed E-state index contributed by atoms with van der Waals surface area (Å²) in [5.41, 5.74) is -0.150. The summed E-state index contributed by atoms with van der Waals surface area (Å²) in [6.07, 6.45) is 7.16. The molecule has 0 aromatic carbocycles. The van der Waals surface area contributed by atoms with Crippen molar-refractivity contribution >= 4 is 43.4 Å². The Hall–Kier alpha value is -1.41. The predicted molar refractivity (Wildman–Crippen MR) is 108 cm³/mol. The standard InChI is InChI=1S/C18H24BrN3O3S/c1-2-3-9-21-15-13(19)11-26-16(15)17(24)22(18(21)25)10-14(23)20-12-7-5-4-6-8-12/h11-12H,2-10H2,1H3,(H,20,23). The van der Waals surface area contributed by atoms with Crippen molar-refractivity contribution in [3.8, 4) is 0 Å². The number of rotatable bonds is 6. The van der Waals surface area contributed by atoms with Gasteiger partial charge in [0.2, 0.25) is 5.91 Å². The molecule has 142 valence electrons. The van der Waals surface area contributed by atoms with Gasteiger partial charge in [-0.2, -0.15) is 0 Å². The third-order valence-electron chi connectivity index (χ3n) is 4.90. The quantitative estimate of drug-likeness (QED) is 0.747. The number of hydrogen-bond donors (Lipinski definition) is 1. The Morgan fingerprint density at radius 1 is 1.27 bits per heavy atom. The van der Waals surface area contributed by atoms with Gasteiger partial charge in [0.05, 0.1) is 9.99 Å². The molecule has 2 heterocycles. The number of unbranched alkanes of at least 4 members (excludes halogenated alkanes) is 1. The third-order valence-corrected chi connectivity index (χ3v) is 6.76. The van der Waals surface area contributed by atoms with E-state index in [0.29, 0.717) is 16.8 Å². The summed E-state index contributed by atoms with van der Waals surface area (Å²) in [7, 11) is 0. The van der Waals surface area contributed by atoms with Crippen LogP contribution >= 0.6 is 27.3 Å². The number of halogens is 1. The molecule has 0 unspecified atom stereocenters. The van der Waals surface area contributed by atoms with Crippen molar-refractivity contribution in [2.24, 2.45) is 0 Å². The molecule has 3 rings (SSSR count). The van der Waals surface area contributed by atoms with Crippen LogP contribution in [0.15, 0.2) is 19.4 Å². The van der Waals surface area contributed by atoms with Crippen LogP contribution in [-0.2, 0) is 17.9 Å². The second kappa shape index (κ2) is 8.52. The molecule has 1 aliphatic carbocycles. The molecule has 26 heavy (non-hydrogen) atoms. The Balaban J connectivity index is 1.93. The van der Waals surface area contributed by atoms with Crippen LogP contribution in [0.5, 0.6) is 0 Å². The van der Waals surface area contributed by atoms with Crippen LogP contribution in [0.2, 0.25) is 0 Å². The van der Waals surface area contributed by atoms with Crippen molar-refractivity contribution in [2.45, 2.75) is 71.0 Å². The lowest BCUT2D eigenvalue weighted by Gasteiger charge is -2.23. The number of fused-ring (bicyclic) bond motifs is 1. The largest absolute Gasteiger partial charge is 0.352 e. The molecule has 0 aliphatic heterocycles. The fourth-order valence-corrected chi connectivity index (χ4v) is 5.21. The fourth-order valence-electron chi connectivity index (χ4n) is 3.51. The van der Waals surface area contributed by atoms with Gasteiger partial charge in [0.15, 0.2) is 0 Å². The van der Waals surface area contributed by atoms with Gasteiger partial charge in [-0.1, -0.05) is 32.6 Å². The molecule has 6 nitrogen and oxygen atoms in total. The molecule has 1 amide bonds. The van der Waals surface area contributed by atoms with E-state index in [-0.39, 0.29) is 24.1 Å². The van der Waals surface area contributed by atoms with Crippen LogP contribution in [0.4, 0.5) is 0 Å². The van der Waals surface area contributed by atoms with Crippen molar-refractivity contribution in [1.82, 2.24) is 14.5 Å². The minimum atomic E-state index is -0.408. The van der Waals surface area contributed by atoms with Crippen molar-refractivity contribution in [3.05, 3.63) is 30.7 Å². The summed E-state index contributed by atoms with van der Waals surface area (Å²) in [6, 6.07) is 0.161. The topological polar surface area (TPSA) is 73.1 Å². The molecule has 8 heteroatoms. The maximum atomic E-state index is 12.9. The molecule has 1 N–H and O–H groups in total. The van der Waals surface area contributed by atoms with Crippen molar-refractivity contribution in [2.75, 3.05) is 0 Å². The average Bonchev–Trinajstić information content (AvgIpc) is 3.01. The van der Waals surface area contributed by atoms with Gasteiger partial charge in [-0.3, -0.25) is 14.2 Å². The molecule has 0 saturated heterocycles. The molecule has 1 saturated carbocycles. The van der Waals surface area contributed by atoms with Gasteiger partial charge < -0.3 is 5.32 Å². The first-order chi connectivity index (χ1) is 12.5. The van der Waals surface area contributed by atoms with Crippen LogP contribution in [-0.4, -0.2) is 21.1 Å². The Kier molecular flexibility index (Phi) is 6.34. The summed E-state index contributed by atoms with van der Waals surface area (Å²) in [4.78, 5) is 38.1. The maximum absolute atomic E-state index is 12.9. The lowest BCUT2D eigenvalue weighted by molar-refractivity contribution is -0.122. The van der Waals surface area contributed by atoms with E-state index in [1.807, 2.05) is 5.38 Å². The highest BCUT2D eigenvalue weighted by Gasteiger charge is 2.20. The lowest BCUT2D eigenvalue weighted by atomic mass is 9.95. The Morgan fingerprint density at radius 3 is 2.69 bits per heavy atom. The Bertz CT molecular complexity index is 909. The maximum Gasteiger partial charge on any atom is 0.332 e. The van der Waals surface area contributed by atoms with Gasteiger partial charge in [0.25, 0.3) is 5.56 Å². The average molecular weight is 442 g/mol. The molecular formula is C18H24BrN3O3S. The van der Waals surface area contributed by atoms with Crippen LogP contribution in [0.3, 0.4) is 0 Å². The second-order valence-corrected chi connectivity index (χ2v) is 8.58. The summed E-state index contributed by atoms with van der Waals surface area (Å²) < 4.78 is 3.97. The van der Waals surface area contributed by atoms with Crippen molar-refractivity contribution < 1.29 is 4.79 Å². The van der Waals surface area contributed by atoms with Gasteiger partial charge in [-0.25, -0.2) is 9.36 Å². The van der Waals surface area contributed by atoms with Gasteiger partial charge in [0.1, 0.15) is 11.2 Å². The first-order valence-electron chi connectivity index (χ1n) is 9.22. The van der Waals surface area contributed by atoms with Crippen LogP contribution in [0, 0.1) is 0 Å². The molecule has 0 bridgehead atoms. The lowest BCUT2D eigenvalue weighted by Crippen LogP contribution is -2.45. The zero-order valence-corrected chi connectivity index (χ0v) is 17.3. The van der Waals surface area contributed by atoms with Gasteiger partial charge >= 0.3 is 5.69 Å². The molecule has 2 aromatic rings. The minimum absolute atomic E-state index is 0.161. The first-order valence-corrected chi connectivity index (χ1v) is 10.9. The second-order valence-electron chi connectivity index (χ2n) is 6.84. The van der Waals surface area contributed by atoms with Gasteiger partial charge in [-0.05, 0) is 35.2 Å². The molecule has 0 radical (unpaired) electrons. The summed E-state index contributed by atoms with van der Waals surface area (Å²) >= 11 is 4.74. The first kappa shape index (κ1) is 19.4. The molecule has 1 aliphatic rings. The van der Waals surface area contributed by atoms with Crippen LogP contribution in [0.25, 0.3) is 10.2 Å². The number of carbonyl (C=O) groups is 1. The number of amides is 1. The van der Waals surface area contributed by atoms with Gasteiger partial charge in [-0.15, -0.1) is 11.3 Å². The van der Waals surface area contributed by atoms with E-state index >= 15 is 0 Å². The highest BCUT2D eigenvalue weighted by atomic mass is 79.9. The number of nitrogens with zero attached hydrogens (tertiary/aromatic N) is 2. The number of carbonyl (C=O) groups excluding carboxylic acids is 1. The monoisotopic (exact) mass is 441 g/mol. The van der Waals surface area contributed by atoms with E-state index in [0.717, 1.165) is 47.6 Å². The predicted octanol–water partition coefficient (Wildman–Crippen LogP) is 3.24. The smallest absolute Gasteiger partial charge is 0.332 e. The highest BCUT2D eigenvalue weighted by molar-refractivity contribution is 9.10. The molecule has 2 aromatic heterocycles. The van der Waals surface area contributed by atoms with E-state index < -0.39 is 5.69 Å². The number of thiophene rings is 1. The number of nitrogens with one attached hydrogen (secondary N) is 1. The molecule has 0 spiro atoms. The van der Waals surface area contributed by atoms with E-state index in [2.05, 4.69) is 28.2 Å². The fraction of sp³-hybridized carbons (Fsp3) is 0.611. The third kappa shape index (κ3) is 3.96. The number of hydrogen-bond acceptors (Lipinski definition) is 4. The van der Waals surface area contributed by atoms with E-state index in [1.54, 1.807) is 4.57 Å². The SMILES string of the molecule is CCCCn1c(=O)n(CC(=O)NC2CCCCC2)c(=O)c2scc(Br)c21. The molecular weight excluding hydrogens is 418 g/mol. The van der Waals surface area contributed by atoms with Crippen molar-refractivity contribution in [3.63, 3.8) is 0 Å². The van der Waals surface area contributed by atoms with Gasteiger partial charge in [0, 0.05) is 18.0 Å². The van der Waals surface area contributed by atoms with E-state index in [4.69, 9.17) is 0 Å². The zero-order valence-electron chi connectivity index (χ0n) is 14.9. The van der Waals surface area contributed by atoms with Crippen molar-refractivity contribution in [1.29, 1.82) is 0 Å². The molecule has 1 fully saturated rings. The normalized spacial score (nSPS) is 15.5. The zero-order chi connectivity index (χ0) is 18.7. The Labute approximate surface area is 164 Å².